The monoisotopic (exact) mass is 353 g/mol. The van der Waals surface area contributed by atoms with Gasteiger partial charge >= 0.3 is 12.0 Å². The van der Waals surface area contributed by atoms with Crippen LogP contribution < -0.4 is 5.32 Å². The average Bonchev–Trinajstić information content (AvgIpc) is 2.42. The van der Waals surface area contributed by atoms with E-state index in [1.807, 2.05) is 4.90 Å². The van der Waals surface area contributed by atoms with Crippen molar-refractivity contribution in [1.82, 2.24) is 15.1 Å². The van der Waals surface area contributed by atoms with Crippen LogP contribution in [0.3, 0.4) is 0 Å². The molecule has 0 spiro atoms. The molecule has 1 saturated heterocycles. The molecule has 2 N–H and O–H groups in total. The molecule has 3 rings (SSSR count). The lowest BCUT2D eigenvalue weighted by molar-refractivity contribution is -0.138. The molecule has 142 valence electrons. The highest BCUT2D eigenvalue weighted by atomic mass is 16.5. The van der Waals surface area contributed by atoms with Gasteiger partial charge in [-0.1, -0.05) is 12.8 Å². The summed E-state index contributed by atoms with van der Waals surface area (Å²) in [6.45, 7) is 2.14. The zero-order valence-corrected chi connectivity index (χ0v) is 15.2. The van der Waals surface area contributed by atoms with Crippen LogP contribution in [-0.2, 0) is 9.53 Å². The summed E-state index contributed by atoms with van der Waals surface area (Å²) >= 11 is 0. The zero-order valence-electron chi connectivity index (χ0n) is 15.2. The van der Waals surface area contributed by atoms with E-state index in [1.54, 1.807) is 11.9 Å². The predicted molar refractivity (Wildman–Crippen MR) is 93.4 cm³/mol. The summed E-state index contributed by atoms with van der Waals surface area (Å²) < 4.78 is 5.72. The third kappa shape index (κ3) is 4.85. The van der Waals surface area contributed by atoms with Crippen LogP contribution in [-0.4, -0.2) is 78.9 Å². The van der Waals surface area contributed by atoms with Crippen molar-refractivity contribution in [2.45, 2.75) is 50.7 Å². The molecule has 1 heterocycles. The molecule has 0 bridgehead atoms. The molecule has 2 aliphatic carbocycles. The van der Waals surface area contributed by atoms with E-state index in [1.165, 1.54) is 38.5 Å². The summed E-state index contributed by atoms with van der Waals surface area (Å²) in [7, 11) is 1.76. The van der Waals surface area contributed by atoms with E-state index < -0.39 is 5.97 Å². The van der Waals surface area contributed by atoms with Crippen LogP contribution in [0, 0.1) is 11.8 Å². The Kier molecular flexibility index (Phi) is 6.17. The highest BCUT2D eigenvalue weighted by Crippen LogP contribution is 2.40. The lowest BCUT2D eigenvalue weighted by Gasteiger charge is -2.44. The standard InChI is InChI=1S/C18H31N3O4/c1-20(12-16(22)23)10-15-11-21(8-9-25-15)18(24)19-17(13-4-2-5-13)14-6-3-7-14/h13-15,17H,2-12H2,1H3,(H,19,24)(H,22,23). The summed E-state index contributed by atoms with van der Waals surface area (Å²) in [5.41, 5.74) is 0. The molecule has 3 aliphatic rings. The smallest absolute Gasteiger partial charge is 0.317 e. The van der Waals surface area contributed by atoms with Crippen LogP contribution in [0.2, 0.25) is 0 Å². The number of hydrogen-bond donors (Lipinski definition) is 2. The number of hydrogen-bond acceptors (Lipinski definition) is 4. The summed E-state index contributed by atoms with van der Waals surface area (Å²) in [5.74, 6) is 0.470. The summed E-state index contributed by atoms with van der Waals surface area (Å²) in [4.78, 5) is 27.1. The van der Waals surface area contributed by atoms with Crippen LogP contribution in [0.25, 0.3) is 0 Å². The highest BCUT2D eigenvalue weighted by molar-refractivity contribution is 5.74. The molecule has 3 fully saturated rings. The number of carboxylic acid groups (broad SMARTS) is 1. The minimum absolute atomic E-state index is 0.0164. The van der Waals surface area contributed by atoms with Crippen LogP contribution in [0.15, 0.2) is 0 Å². The molecule has 1 unspecified atom stereocenters. The van der Waals surface area contributed by atoms with Gasteiger partial charge in [-0.25, -0.2) is 4.79 Å². The first-order valence-corrected chi connectivity index (χ1v) is 9.60. The number of nitrogens with one attached hydrogen (secondary N) is 1. The number of morpholine rings is 1. The van der Waals surface area contributed by atoms with Crippen molar-refractivity contribution in [2.75, 3.05) is 39.8 Å². The molecule has 2 amide bonds. The van der Waals surface area contributed by atoms with Gasteiger partial charge in [0.25, 0.3) is 0 Å². The van der Waals surface area contributed by atoms with Crippen molar-refractivity contribution in [3.05, 3.63) is 0 Å². The molecule has 1 aliphatic heterocycles. The summed E-state index contributed by atoms with van der Waals surface area (Å²) in [6, 6.07) is 0.365. The Labute approximate surface area is 149 Å². The van der Waals surface area contributed by atoms with E-state index in [9.17, 15) is 9.59 Å². The quantitative estimate of drug-likeness (QED) is 0.723. The minimum Gasteiger partial charge on any atom is -0.480 e. The number of rotatable bonds is 7. The summed E-state index contributed by atoms with van der Waals surface area (Å²) in [5, 5.41) is 12.2. The molecule has 2 saturated carbocycles. The first-order valence-electron chi connectivity index (χ1n) is 9.60. The Balaban J connectivity index is 1.49. The molecule has 1 atom stereocenters. The fourth-order valence-corrected chi connectivity index (χ4v) is 4.11. The molecule has 7 heteroatoms. The Morgan fingerprint density at radius 3 is 2.40 bits per heavy atom. The molecular weight excluding hydrogens is 322 g/mol. The SMILES string of the molecule is CN(CC(=O)O)CC1CN(C(=O)NC(C2CCC2)C2CCC2)CCO1. The lowest BCUT2D eigenvalue weighted by Crippen LogP contribution is -2.57. The topological polar surface area (TPSA) is 82.1 Å². The second kappa shape index (κ2) is 8.36. The fraction of sp³-hybridized carbons (Fsp3) is 0.889. The summed E-state index contributed by atoms with van der Waals surface area (Å²) in [6.07, 6.45) is 7.42. The van der Waals surface area contributed by atoms with Gasteiger partial charge in [0.05, 0.1) is 19.3 Å². The van der Waals surface area contributed by atoms with Gasteiger partial charge in [0, 0.05) is 25.7 Å². The van der Waals surface area contributed by atoms with Gasteiger partial charge < -0.3 is 20.1 Å². The normalized spacial score (nSPS) is 24.9. The maximum absolute atomic E-state index is 12.8. The van der Waals surface area contributed by atoms with E-state index in [-0.39, 0.29) is 18.7 Å². The van der Waals surface area contributed by atoms with Crippen molar-refractivity contribution in [3.8, 4) is 0 Å². The number of amides is 2. The first-order chi connectivity index (χ1) is 12.0. The van der Waals surface area contributed by atoms with Gasteiger partial charge in [0.2, 0.25) is 0 Å². The minimum atomic E-state index is -0.850. The Hall–Kier alpha value is -1.34. The van der Waals surface area contributed by atoms with E-state index in [0.717, 1.165) is 0 Å². The van der Waals surface area contributed by atoms with Crippen molar-refractivity contribution >= 4 is 12.0 Å². The maximum Gasteiger partial charge on any atom is 0.317 e. The van der Waals surface area contributed by atoms with Gasteiger partial charge in [-0.05, 0) is 44.6 Å². The van der Waals surface area contributed by atoms with Crippen LogP contribution in [0.1, 0.15) is 38.5 Å². The Bertz CT molecular complexity index is 465. The molecule has 25 heavy (non-hydrogen) atoms. The van der Waals surface area contributed by atoms with E-state index in [0.29, 0.717) is 44.1 Å². The number of carboxylic acids is 1. The fourth-order valence-electron chi connectivity index (χ4n) is 4.11. The second-order valence-corrected chi connectivity index (χ2v) is 7.89. The number of carbonyl (C=O) groups excluding carboxylic acids is 1. The third-order valence-electron chi connectivity index (χ3n) is 5.95. The molecule has 7 nitrogen and oxygen atoms in total. The molecule has 0 aromatic heterocycles. The van der Waals surface area contributed by atoms with Crippen molar-refractivity contribution < 1.29 is 19.4 Å². The highest BCUT2D eigenvalue weighted by Gasteiger charge is 2.38. The molecule has 0 aromatic carbocycles. The first kappa shape index (κ1) is 18.5. The Morgan fingerprint density at radius 2 is 1.88 bits per heavy atom. The number of carbonyl (C=O) groups is 2. The Morgan fingerprint density at radius 1 is 1.24 bits per heavy atom. The van der Waals surface area contributed by atoms with E-state index >= 15 is 0 Å². The van der Waals surface area contributed by atoms with Gasteiger partial charge in [-0.2, -0.15) is 0 Å². The molecule has 0 radical (unpaired) electrons. The molecule has 0 aromatic rings. The van der Waals surface area contributed by atoms with E-state index in [2.05, 4.69) is 5.32 Å². The zero-order chi connectivity index (χ0) is 17.8. The van der Waals surface area contributed by atoms with Crippen molar-refractivity contribution in [3.63, 3.8) is 0 Å². The van der Waals surface area contributed by atoms with Crippen LogP contribution in [0.5, 0.6) is 0 Å². The van der Waals surface area contributed by atoms with Crippen LogP contribution in [0.4, 0.5) is 4.79 Å². The van der Waals surface area contributed by atoms with Crippen molar-refractivity contribution in [2.24, 2.45) is 11.8 Å². The number of ether oxygens (including phenoxy) is 1. The second-order valence-electron chi connectivity index (χ2n) is 7.89. The molecular formula is C18H31N3O4. The lowest BCUT2D eigenvalue weighted by atomic mass is 9.68. The predicted octanol–water partition coefficient (Wildman–Crippen LogP) is 1.38. The van der Waals surface area contributed by atoms with Gasteiger partial charge in [0.15, 0.2) is 0 Å². The third-order valence-corrected chi connectivity index (χ3v) is 5.95. The largest absolute Gasteiger partial charge is 0.480 e. The maximum atomic E-state index is 12.8. The van der Waals surface area contributed by atoms with Gasteiger partial charge in [-0.15, -0.1) is 0 Å². The van der Waals surface area contributed by atoms with Crippen LogP contribution >= 0.6 is 0 Å². The number of likely N-dealkylation sites (N-methyl/N-ethyl adjacent to an activating group) is 1. The average molecular weight is 353 g/mol. The van der Waals surface area contributed by atoms with E-state index in [4.69, 9.17) is 9.84 Å². The van der Waals surface area contributed by atoms with Gasteiger partial charge in [0.1, 0.15) is 0 Å². The van der Waals surface area contributed by atoms with Crippen molar-refractivity contribution in [1.29, 1.82) is 0 Å². The number of nitrogens with zero attached hydrogens (tertiary/aromatic N) is 2. The van der Waals surface area contributed by atoms with Gasteiger partial charge in [-0.3, -0.25) is 9.69 Å². The number of aliphatic carboxylic acids is 1. The number of urea groups is 1.